The highest BCUT2D eigenvalue weighted by molar-refractivity contribution is 6.30. The van der Waals surface area contributed by atoms with E-state index in [1.807, 2.05) is 53.1 Å². The second kappa shape index (κ2) is 9.07. The van der Waals surface area contributed by atoms with Crippen molar-refractivity contribution in [2.24, 2.45) is 19.3 Å². The molecule has 10 heteroatoms. The molecule has 2 aromatic heterocycles. The Hall–Kier alpha value is -3.85. The van der Waals surface area contributed by atoms with Gasteiger partial charge >= 0.3 is 5.69 Å². The van der Waals surface area contributed by atoms with Crippen LogP contribution in [0.1, 0.15) is 23.4 Å². The van der Waals surface area contributed by atoms with Crippen molar-refractivity contribution in [3.05, 3.63) is 91.3 Å². The smallest absolute Gasteiger partial charge is 0.332 e. The maximum Gasteiger partial charge on any atom is 0.332 e. The highest BCUT2D eigenvalue weighted by Gasteiger charge is 2.27. The number of hydrogen-bond acceptors (Lipinski definition) is 6. The van der Waals surface area contributed by atoms with Gasteiger partial charge in [-0.3, -0.25) is 13.9 Å². The van der Waals surface area contributed by atoms with Crippen LogP contribution in [0.4, 0.5) is 0 Å². The summed E-state index contributed by atoms with van der Waals surface area (Å²) in [6, 6.07) is 15.1. The van der Waals surface area contributed by atoms with Gasteiger partial charge in [-0.2, -0.15) is 0 Å². The Kier molecular flexibility index (Phi) is 5.94. The van der Waals surface area contributed by atoms with Crippen molar-refractivity contribution in [2.75, 3.05) is 7.11 Å². The molecule has 0 amide bonds. The van der Waals surface area contributed by atoms with E-state index < -0.39 is 11.2 Å². The van der Waals surface area contributed by atoms with Crippen LogP contribution in [0.3, 0.4) is 0 Å². The van der Waals surface area contributed by atoms with Gasteiger partial charge in [0, 0.05) is 32.0 Å². The van der Waals surface area contributed by atoms with Crippen molar-refractivity contribution in [3.63, 3.8) is 0 Å². The maximum atomic E-state index is 13.1. The SMILES string of the molecule is COc1ccc(C2=NO[C@@H](Cn3c(Cc4ccc(Cl)cc4)nc4c3c(=O)n(C)c(=O)n4C)C2)cc1. The number of rotatable bonds is 6. The molecule has 0 bridgehead atoms. The molecule has 0 unspecified atom stereocenters. The van der Waals surface area contributed by atoms with E-state index in [1.54, 1.807) is 14.2 Å². The minimum Gasteiger partial charge on any atom is -0.497 e. The van der Waals surface area contributed by atoms with E-state index in [0.29, 0.717) is 41.4 Å². The molecular formula is C25H24ClN5O4. The Morgan fingerprint density at radius 3 is 2.46 bits per heavy atom. The summed E-state index contributed by atoms with van der Waals surface area (Å²) >= 11 is 6.04. The fraction of sp³-hybridized carbons (Fsp3) is 0.280. The van der Waals surface area contributed by atoms with Crippen LogP contribution in [0.5, 0.6) is 5.75 Å². The summed E-state index contributed by atoms with van der Waals surface area (Å²) in [5, 5.41) is 4.93. The lowest BCUT2D eigenvalue weighted by Gasteiger charge is -2.13. The van der Waals surface area contributed by atoms with Crippen LogP contribution in [0.15, 0.2) is 63.3 Å². The molecule has 0 fully saturated rings. The largest absolute Gasteiger partial charge is 0.497 e. The number of imidazole rings is 1. The summed E-state index contributed by atoms with van der Waals surface area (Å²) in [5.41, 5.74) is 2.64. The lowest BCUT2D eigenvalue weighted by atomic mass is 10.0. The van der Waals surface area contributed by atoms with Gasteiger partial charge in [0.1, 0.15) is 11.6 Å². The standard InChI is InChI=1S/C25H24ClN5O4/c1-29-23-22(24(32)30(2)25(29)33)31(21(27-23)12-15-4-8-17(26)9-5-15)14-19-13-20(28-35-19)16-6-10-18(34-3)11-7-16/h4-11,19H,12-14H2,1-3H3/t19-/m1/s1. The molecule has 1 aliphatic heterocycles. The fourth-order valence-electron chi connectivity index (χ4n) is 4.29. The van der Waals surface area contributed by atoms with Gasteiger partial charge in [-0.15, -0.1) is 0 Å². The van der Waals surface area contributed by atoms with Gasteiger partial charge in [0.05, 0.1) is 19.4 Å². The van der Waals surface area contributed by atoms with E-state index in [4.69, 9.17) is 26.2 Å². The van der Waals surface area contributed by atoms with E-state index in [9.17, 15) is 9.59 Å². The predicted octanol–water partition coefficient (Wildman–Crippen LogP) is 2.88. The Balaban J connectivity index is 1.51. The van der Waals surface area contributed by atoms with Crippen LogP contribution in [-0.4, -0.2) is 37.6 Å². The van der Waals surface area contributed by atoms with Crippen LogP contribution in [0.25, 0.3) is 11.2 Å². The second-order valence-electron chi connectivity index (χ2n) is 8.52. The molecule has 0 saturated carbocycles. The number of hydrogen-bond donors (Lipinski definition) is 0. The van der Waals surface area contributed by atoms with Gasteiger partial charge in [-0.1, -0.05) is 28.9 Å². The van der Waals surface area contributed by atoms with E-state index in [0.717, 1.165) is 27.2 Å². The van der Waals surface area contributed by atoms with E-state index in [2.05, 4.69) is 5.16 Å². The molecule has 4 aromatic rings. The zero-order chi connectivity index (χ0) is 24.7. The molecule has 0 spiro atoms. The van der Waals surface area contributed by atoms with Gasteiger partial charge in [-0.05, 0) is 47.5 Å². The number of ether oxygens (including phenoxy) is 1. The third kappa shape index (κ3) is 4.23. The molecule has 0 radical (unpaired) electrons. The quantitative estimate of drug-likeness (QED) is 0.412. The molecule has 3 heterocycles. The van der Waals surface area contributed by atoms with Gasteiger partial charge in [0.15, 0.2) is 17.3 Å². The number of halogens is 1. The maximum absolute atomic E-state index is 13.1. The molecule has 35 heavy (non-hydrogen) atoms. The summed E-state index contributed by atoms with van der Waals surface area (Å²) in [5.74, 6) is 1.42. The average Bonchev–Trinajstić information content (AvgIpc) is 3.48. The molecule has 5 rings (SSSR count). The molecule has 9 nitrogen and oxygen atoms in total. The summed E-state index contributed by atoms with van der Waals surface area (Å²) < 4.78 is 9.57. The van der Waals surface area contributed by atoms with Crippen molar-refractivity contribution in [3.8, 4) is 5.75 Å². The number of benzene rings is 2. The Bertz CT molecular complexity index is 1550. The number of nitrogens with zero attached hydrogens (tertiary/aromatic N) is 5. The Labute approximate surface area is 205 Å². The number of aryl methyl sites for hydroxylation is 1. The van der Waals surface area contributed by atoms with E-state index >= 15 is 0 Å². The van der Waals surface area contributed by atoms with Gasteiger partial charge in [0.25, 0.3) is 5.56 Å². The first kappa shape index (κ1) is 22.9. The first-order valence-electron chi connectivity index (χ1n) is 11.1. The zero-order valence-electron chi connectivity index (χ0n) is 19.6. The Morgan fingerprint density at radius 1 is 1.06 bits per heavy atom. The number of fused-ring (bicyclic) bond motifs is 1. The Morgan fingerprint density at radius 2 is 1.77 bits per heavy atom. The molecule has 0 N–H and O–H groups in total. The van der Waals surface area contributed by atoms with Crippen LogP contribution in [0.2, 0.25) is 5.02 Å². The highest BCUT2D eigenvalue weighted by atomic mass is 35.5. The van der Waals surface area contributed by atoms with Crippen molar-refractivity contribution in [2.45, 2.75) is 25.5 Å². The van der Waals surface area contributed by atoms with Crippen molar-refractivity contribution in [1.29, 1.82) is 0 Å². The van der Waals surface area contributed by atoms with Crippen LogP contribution in [0, 0.1) is 0 Å². The van der Waals surface area contributed by atoms with Gasteiger partial charge in [0.2, 0.25) is 0 Å². The molecule has 2 aromatic carbocycles. The van der Waals surface area contributed by atoms with Gasteiger partial charge < -0.3 is 14.1 Å². The van der Waals surface area contributed by atoms with Crippen molar-refractivity contribution in [1.82, 2.24) is 18.7 Å². The third-order valence-corrected chi connectivity index (χ3v) is 6.50. The molecule has 1 aliphatic rings. The minimum absolute atomic E-state index is 0.296. The normalized spacial score (nSPS) is 15.3. The van der Waals surface area contributed by atoms with Crippen molar-refractivity contribution < 1.29 is 9.57 Å². The third-order valence-electron chi connectivity index (χ3n) is 6.24. The summed E-state index contributed by atoms with van der Waals surface area (Å²) in [6.07, 6.45) is 0.732. The zero-order valence-corrected chi connectivity index (χ0v) is 20.3. The first-order chi connectivity index (χ1) is 16.9. The first-order valence-corrected chi connectivity index (χ1v) is 11.5. The summed E-state index contributed by atoms with van der Waals surface area (Å²) in [7, 11) is 4.71. The predicted molar refractivity (Wildman–Crippen MR) is 133 cm³/mol. The number of aromatic nitrogens is 4. The summed E-state index contributed by atoms with van der Waals surface area (Å²) in [4.78, 5) is 36.1. The van der Waals surface area contributed by atoms with Gasteiger partial charge in [-0.25, -0.2) is 9.78 Å². The lowest BCUT2D eigenvalue weighted by Crippen LogP contribution is -2.38. The fourth-order valence-corrected chi connectivity index (χ4v) is 4.42. The number of methoxy groups -OCH3 is 1. The average molecular weight is 494 g/mol. The molecule has 180 valence electrons. The molecular weight excluding hydrogens is 470 g/mol. The monoisotopic (exact) mass is 493 g/mol. The van der Waals surface area contributed by atoms with E-state index in [1.165, 1.54) is 11.6 Å². The minimum atomic E-state index is -0.424. The lowest BCUT2D eigenvalue weighted by molar-refractivity contribution is 0.0727. The molecule has 0 saturated heterocycles. The second-order valence-corrected chi connectivity index (χ2v) is 8.95. The van der Waals surface area contributed by atoms with Crippen LogP contribution < -0.4 is 16.0 Å². The number of oxime groups is 1. The topological polar surface area (TPSA) is 92.6 Å². The van der Waals surface area contributed by atoms with Crippen molar-refractivity contribution >= 4 is 28.5 Å². The van der Waals surface area contributed by atoms with Crippen LogP contribution in [-0.2, 0) is 31.9 Å². The molecule has 1 atom stereocenters. The highest BCUT2D eigenvalue weighted by Crippen LogP contribution is 2.23. The van der Waals surface area contributed by atoms with E-state index in [-0.39, 0.29) is 6.10 Å². The summed E-state index contributed by atoms with van der Waals surface area (Å²) in [6.45, 7) is 0.357. The van der Waals surface area contributed by atoms with Crippen LogP contribution >= 0.6 is 11.6 Å². The molecule has 0 aliphatic carbocycles.